The lowest BCUT2D eigenvalue weighted by Gasteiger charge is -2.58. The molecular weight excluding hydrogens is 338 g/mol. The van der Waals surface area contributed by atoms with E-state index in [1.54, 1.807) is 5.57 Å². The van der Waals surface area contributed by atoms with Gasteiger partial charge in [0, 0.05) is 0 Å². The normalized spacial score (nSPS) is 35.4. The summed E-state index contributed by atoms with van der Waals surface area (Å²) in [7, 11) is 0. The van der Waals surface area contributed by atoms with Gasteiger partial charge in [-0.15, -0.1) is 0 Å². The number of hydrogen-bond acceptors (Lipinski definition) is 1. The summed E-state index contributed by atoms with van der Waals surface area (Å²) in [4.78, 5) is 2.70. The Hall–Kier alpha value is -1.08. The highest BCUT2D eigenvalue weighted by Gasteiger charge is 2.52. The number of benzene rings is 1. The maximum absolute atomic E-state index is 2.70. The van der Waals surface area contributed by atoms with Crippen LogP contribution in [-0.2, 0) is 0 Å². The molecule has 1 nitrogen and oxygen atoms in total. The summed E-state index contributed by atoms with van der Waals surface area (Å²) in [6.07, 6.45) is 20.1. The van der Waals surface area contributed by atoms with Crippen LogP contribution < -0.4 is 0 Å². The highest BCUT2D eigenvalue weighted by atomic mass is 15.1. The Bertz CT molecular complexity index is 631. The van der Waals surface area contributed by atoms with Gasteiger partial charge in [0.05, 0.1) is 0 Å². The van der Waals surface area contributed by atoms with Gasteiger partial charge in [-0.05, 0) is 125 Å². The topological polar surface area (TPSA) is 3.24 Å². The van der Waals surface area contributed by atoms with Crippen molar-refractivity contribution in [1.82, 2.24) is 4.90 Å². The van der Waals surface area contributed by atoms with Gasteiger partial charge < -0.3 is 4.90 Å². The van der Waals surface area contributed by atoms with Crippen molar-refractivity contribution in [1.29, 1.82) is 0 Å². The highest BCUT2D eigenvalue weighted by Crippen LogP contribution is 2.64. The van der Waals surface area contributed by atoms with E-state index >= 15 is 0 Å². The van der Waals surface area contributed by atoms with Gasteiger partial charge in [-0.1, -0.05) is 42.8 Å². The Labute approximate surface area is 172 Å². The zero-order valence-corrected chi connectivity index (χ0v) is 17.7. The van der Waals surface area contributed by atoms with E-state index < -0.39 is 0 Å². The highest BCUT2D eigenvalue weighted by molar-refractivity contribution is 5.71. The minimum atomic E-state index is 0.517. The fourth-order valence-corrected chi connectivity index (χ4v) is 7.61. The summed E-state index contributed by atoms with van der Waals surface area (Å²) in [5, 5.41) is 0. The van der Waals surface area contributed by atoms with Crippen LogP contribution in [0.1, 0.15) is 82.6 Å². The first-order chi connectivity index (χ1) is 13.8. The number of unbranched alkanes of at least 4 members (excludes halogenated alkanes) is 2. The predicted molar refractivity (Wildman–Crippen MR) is 119 cm³/mol. The molecule has 152 valence electrons. The Balaban J connectivity index is 1.28. The third-order valence-corrected chi connectivity index (χ3v) is 8.42. The average Bonchev–Trinajstić information content (AvgIpc) is 2.71. The second kappa shape index (κ2) is 8.34. The molecule has 0 spiro atoms. The van der Waals surface area contributed by atoms with E-state index in [0.717, 1.165) is 17.8 Å². The zero-order chi connectivity index (χ0) is 18.8. The van der Waals surface area contributed by atoms with Crippen LogP contribution in [0.2, 0.25) is 0 Å². The summed E-state index contributed by atoms with van der Waals surface area (Å²) >= 11 is 0. The third-order valence-electron chi connectivity index (χ3n) is 8.42. The van der Waals surface area contributed by atoms with E-state index in [2.05, 4.69) is 41.3 Å². The van der Waals surface area contributed by atoms with E-state index in [1.165, 1.54) is 102 Å². The SMILES string of the molecule is C(/CCCCN1CCCCC1)=C(\c1ccccc1)C12CC3CC(CC(C3)C1)C2. The maximum Gasteiger partial charge on any atom is -0.00186 e. The lowest BCUT2D eigenvalue weighted by molar-refractivity contribution is -0.0178. The minimum Gasteiger partial charge on any atom is -0.303 e. The van der Waals surface area contributed by atoms with Gasteiger partial charge in [0.2, 0.25) is 0 Å². The minimum absolute atomic E-state index is 0.517. The quantitative estimate of drug-likeness (QED) is 0.465. The Morgan fingerprint density at radius 2 is 1.50 bits per heavy atom. The van der Waals surface area contributed by atoms with Crippen molar-refractivity contribution >= 4 is 5.57 Å². The molecule has 1 aromatic carbocycles. The number of nitrogens with zero attached hydrogens (tertiary/aromatic N) is 1. The van der Waals surface area contributed by atoms with Gasteiger partial charge in [0.15, 0.2) is 0 Å². The number of rotatable bonds is 7. The molecular formula is C27H39N. The first-order valence-corrected chi connectivity index (χ1v) is 12.3. The van der Waals surface area contributed by atoms with Crippen LogP contribution in [0.5, 0.6) is 0 Å². The van der Waals surface area contributed by atoms with Gasteiger partial charge in [0.25, 0.3) is 0 Å². The summed E-state index contributed by atoms with van der Waals surface area (Å²) in [6.45, 7) is 4.02. The maximum atomic E-state index is 2.70. The summed E-state index contributed by atoms with van der Waals surface area (Å²) in [6, 6.07) is 11.5. The molecule has 0 atom stereocenters. The molecule has 4 aliphatic carbocycles. The molecule has 1 aromatic rings. The molecule has 0 unspecified atom stereocenters. The van der Waals surface area contributed by atoms with Crippen molar-refractivity contribution < 1.29 is 0 Å². The first kappa shape index (κ1) is 18.9. The van der Waals surface area contributed by atoms with Crippen molar-refractivity contribution in [3.05, 3.63) is 42.0 Å². The molecule has 0 amide bonds. The van der Waals surface area contributed by atoms with E-state index in [4.69, 9.17) is 0 Å². The molecule has 5 fully saturated rings. The van der Waals surface area contributed by atoms with Gasteiger partial charge in [-0.25, -0.2) is 0 Å². The van der Waals surface area contributed by atoms with E-state index in [-0.39, 0.29) is 0 Å². The van der Waals surface area contributed by atoms with Crippen LogP contribution in [-0.4, -0.2) is 24.5 Å². The molecule has 4 bridgehead atoms. The number of likely N-dealkylation sites (tertiary alicyclic amines) is 1. The van der Waals surface area contributed by atoms with Gasteiger partial charge in [0.1, 0.15) is 0 Å². The van der Waals surface area contributed by atoms with Crippen LogP contribution in [0, 0.1) is 23.2 Å². The second-order valence-electron chi connectivity index (χ2n) is 10.6. The van der Waals surface area contributed by atoms with Gasteiger partial charge in [-0.3, -0.25) is 0 Å². The van der Waals surface area contributed by atoms with Crippen LogP contribution in [0.15, 0.2) is 36.4 Å². The molecule has 1 heteroatoms. The molecule has 1 saturated heterocycles. The second-order valence-corrected chi connectivity index (χ2v) is 10.6. The number of allylic oxidation sites excluding steroid dienone is 2. The van der Waals surface area contributed by atoms with Gasteiger partial charge >= 0.3 is 0 Å². The first-order valence-electron chi connectivity index (χ1n) is 12.3. The van der Waals surface area contributed by atoms with Crippen LogP contribution in [0.4, 0.5) is 0 Å². The molecule has 1 heterocycles. The fourth-order valence-electron chi connectivity index (χ4n) is 7.61. The largest absolute Gasteiger partial charge is 0.303 e. The van der Waals surface area contributed by atoms with Crippen molar-refractivity contribution in [2.75, 3.05) is 19.6 Å². The van der Waals surface area contributed by atoms with E-state index in [1.807, 2.05) is 0 Å². The van der Waals surface area contributed by atoms with Crippen LogP contribution >= 0.6 is 0 Å². The number of piperidine rings is 1. The van der Waals surface area contributed by atoms with Crippen LogP contribution in [0.25, 0.3) is 5.57 Å². The standard InChI is InChI=1S/C27H39N/c1-4-10-25(11-5-1)26(12-6-2-7-13-28-14-8-3-9-15-28)27-19-22-16-23(20-27)18-24(17-22)21-27/h1,4-5,10-12,22-24H,2-3,6-9,13-21H2/b26-12-. The van der Waals surface area contributed by atoms with Crippen molar-refractivity contribution in [3.8, 4) is 0 Å². The Kier molecular flexibility index (Phi) is 5.64. The summed E-state index contributed by atoms with van der Waals surface area (Å²) in [5.74, 6) is 3.08. The molecule has 6 rings (SSSR count). The fraction of sp³-hybridized carbons (Fsp3) is 0.704. The predicted octanol–water partition coefficient (Wildman–Crippen LogP) is 6.94. The van der Waals surface area contributed by atoms with Gasteiger partial charge in [-0.2, -0.15) is 0 Å². The molecule has 1 aliphatic heterocycles. The molecule has 0 aromatic heterocycles. The molecule has 4 saturated carbocycles. The van der Waals surface area contributed by atoms with E-state index in [0.29, 0.717) is 5.41 Å². The van der Waals surface area contributed by atoms with Crippen molar-refractivity contribution in [3.63, 3.8) is 0 Å². The summed E-state index contributed by atoms with van der Waals surface area (Å²) < 4.78 is 0. The van der Waals surface area contributed by atoms with Crippen molar-refractivity contribution in [2.45, 2.75) is 77.0 Å². The molecule has 0 radical (unpaired) electrons. The monoisotopic (exact) mass is 377 g/mol. The Morgan fingerprint density at radius 1 is 0.857 bits per heavy atom. The third kappa shape index (κ3) is 3.97. The Morgan fingerprint density at radius 3 is 2.14 bits per heavy atom. The lowest BCUT2D eigenvalue weighted by atomic mass is 9.47. The number of hydrogen-bond donors (Lipinski definition) is 0. The lowest BCUT2D eigenvalue weighted by Crippen LogP contribution is -2.46. The smallest absolute Gasteiger partial charge is 0.00186 e. The average molecular weight is 378 g/mol. The van der Waals surface area contributed by atoms with Crippen LogP contribution in [0.3, 0.4) is 0 Å². The molecule has 28 heavy (non-hydrogen) atoms. The molecule has 5 aliphatic rings. The molecule has 0 N–H and O–H groups in total. The zero-order valence-electron chi connectivity index (χ0n) is 17.7. The van der Waals surface area contributed by atoms with E-state index in [9.17, 15) is 0 Å². The summed E-state index contributed by atoms with van der Waals surface area (Å²) in [5.41, 5.74) is 3.79. The van der Waals surface area contributed by atoms with Crippen molar-refractivity contribution in [2.24, 2.45) is 23.2 Å².